The van der Waals surface area contributed by atoms with Crippen molar-refractivity contribution < 1.29 is 18.4 Å². The van der Waals surface area contributed by atoms with Crippen LogP contribution in [0.5, 0.6) is 0 Å². The van der Waals surface area contributed by atoms with E-state index in [-0.39, 0.29) is 12.1 Å². The van der Waals surface area contributed by atoms with E-state index in [4.69, 9.17) is 0 Å². The van der Waals surface area contributed by atoms with Crippen LogP contribution >= 0.6 is 11.8 Å². The molecule has 0 bridgehead atoms. The third-order valence-corrected chi connectivity index (χ3v) is 3.70. The molecule has 0 aliphatic carbocycles. The number of hydrogen-bond acceptors (Lipinski definition) is 4. The van der Waals surface area contributed by atoms with Gasteiger partial charge in [0, 0.05) is 23.3 Å². The molecule has 0 aliphatic heterocycles. The molecule has 120 valence electrons. The minimum Gasteiger partial charge on any atom is -0.273 e. The van der Waals surface area contributed by atoms with E-state index in [0.717, 1.165) is 12.1 Å². The third-order valence-electron chi connectivity index (χ3n) is 2.70. The number of nitrogens with zero attached hydrogens (tertiary/aromatic N) is 1. The summed E-state index contributed by atoms with van der Waals surface area (Å²) in [6, 6.07) is 8.38. The van der Waals surface area contributed by atoms with Gasteiger partial charge in [0.1, 0.15) is 5.69 Å². The Bertz CT molecular complexity index is 698. The van der Waals surface area contributed by atoms with E-state index in [9.17, 15) is 18.4 Å². The lowest BCUT2D eigenvalue weighted by molar-refractivity contribution is -0.121. The summed E-state index contributed by atoms with van der Waals surface area (Å²) in [5.74, 6) is -2.40. The lowest BCUT2D eigenvalue weighted by atomic mass is 10.3. The second-order valence-electron chi connectivity index (χ2n) is 4.39. The highest BCUT2D eigenvalue weighted by Gasteiger charge is 2.08. The van der Waals surface area contributed by atoms with Gasteiger partial charge in [-0.3, -0.25) is 25.4 Å². The normalized spacial score (nSPS) is 10.2. The van der Waals surface area contributed by atoms with Crippen LogP contribution in [-0.2, 0) is 4.79 Å². The van der Waals surface area contributed by atoms with Crippen molar-refractivity contribution >= 4 is 23.6 Å². The number of pyridine rings is 1. The molecular formula is C15H13F2N3O2S. The van der Waals surface area contributed by atoms with Crippen LogP contribution in [0.2, 0.25) is 0 Å². The van der Waals surface area contributed by atoms with Crippen molar-refractivity contribution in [2.24, 2.45) is 0 Å². The zero-order valence-electron chi connectivity index (χ0n) is 11.9. The molecule has 0 fully saturated rings. The molecule has 0 aliphatic rings. The van der Waals surface area contributed by atoms with Crippen molar-refractivity contribution in [2.75, 3.05) is 5.75 Å². The molecule has 23 heavy (non-hydrogen) atoms. The van der Waals surface area contributed by atoms with E-state index in [1.807, 2.05) is 0 Å². The summed E-state index contributed by atoms with van der Waals surface area (Å²) < 4.78 is 25.8. The first kappa shape index (κ1) is 16.9. The van der Waals surface area contributed by atoms with Crippen LogP contribution in [0.1, 0.15) is 16.9 Å². The lowest BCUT2D eigenvalue weighted by Gasteiger charge is -2.07. The quantitative estimate of drug-likeness (QED) is 0.649. The summed E-state index contributed by atoms with van der Waals surface area (Å²) in [4.78, 5) is 27.6. The van der Waals surface area contributed by atoms with Crippen LogP contribution in [0, 0.1) is 11.6 Å². The summed E-state index contributed by atoms with van der Waals surface area (Å²) in [5, 5.41) is 0. The summed E-state index contributed by atoms with van der Waals surface area (Å²) in [6.07, 6.45) is 1.57. The Morgan fingerprint density at radius 3 is 2.61 bits per heavy atom. The number of amides is 2. The highest BCUT2D eigenvalue weighted by molar-refractivity contribution is 7.99. The molecule has 2 rings (SSSR count). The molecule has 2 N–H and O–H groups in total. The molecule has 0 spiro atoms. The molecule has 2 aromatic rings. The Morgan fingerprint density at radius 2 is 1.91 bits per heavy atom. The molecule has 0 unspecified atom stereocenters. The fourth-order valence-electron chi connectivity index (χ4n) is 1.58. The average Bonchev–Trinajstić information content (AvgIpc) is 2.56. The summed E-state index contributed by atoms with van der Waals surface area (Å²) in [7, 11) is 0. The molecule has 1 aromatic carbocycles. The van der Waals surface area contributed by atoms with Gasteiger partial charge in [-0.1, -0.05) is 6.07 Å². The van der Waals surface area contributed by atoms with Gasteiger partial charge < -0.3 is 0 Å². The number of thioether (sulfide) groups is 1. The maximum Gasteiger partial charge on any atom is 0.288 e. The summed E-state index contributed by atoms with van der Waals surface area (Å²) >= 11 is 1.21. The number of halogens is 2. The van der Waals surface area contributed by atoms with Crippen LogP contribution in [0.3, 0.4) is 0 Å². The SMILES string of the molecule is O=C(CCSc1ccc(F)c(F)c1)NNC(=O)c1ccccn1. The van der Waals surface area contributed by atoms with Crippen molar-refractivity contribution in [3.63, 3.8) is 0 Å². The predicted octanol–water partition coefficient (Wildman–Crippen LogP) is 2.30. The molecule has 2 amide bonds. The maximum absolute atomic E-state index is 13.0. The second kappa shape index (κ2) is 8.23. The monoisotopic (exact) mass is 337 g/mol. The molecule has 0 radical (unpaired) electrons. The Morgan fingerprint density at radius 1 is 1.09 bits per heavy atom. The van der Waals surface area contributed by atoms with E-state index in [2.05, 4.69) is 15.8 Å². The first-order valence-corrected chi connectivity index (χ1v) is 7.63. The molecule has 0 atom stereocenters. The standard InChI is InChI=1S/C15H13F2N3O2S/c16-11-5-4-10(9-12(11)17)23-8-6-14(21)19-20-15(22)13-3-1-2-7-18-13/h1-5,7,9H,6,8H2,(H,19,21)(H,20,22). The minimum absolute atomic E-state index is 0.103. The molecule has 1 aromatic heterocycles. The maximum atomic E-state index is 13.0. The van der Waals surface area contributed by atoms with Gasteiger partial charge in [-0.05, 0) is 30.3 Å². The molecule has 1 heterocycles. The first-order valence-electron chi connectivity index (χ1n) is 6.64. The van der Waals surface area contributed by atoms with Crippen LogP contribution in [0.4, 0.5) is 8.78 Å². The number of carbonyl (C=O) groups excluding carboxylic acids is 2. The third kappa shape index (κ3) is 5.33. The van der Waals surface area contributed by atoms with Gasteiger partial charge >= 0.3 is 0 Å². The molecular weight excluding hydrogens is 324 g/mol. The van der Waals surface area contributed by atoms with Gasteiger partial charge in [-0.25, -0.2) is 8.78 Å². The number of nitrogens with one attached hydrogen (secondary N) is 2. The number of aromatic nitrogens is 1. The Kier molecular flexibility index (Phi) is 6.04. The first-order chi connectivity index (χ1) is 11.1. The van der Waals surface area contributed by atoms with Crippen LogP contribution in [0.15, 0.2) is 47.5 Å². The molecule has 5 nitrogen and oxygen atoms in total. The fraction of sp³-hybridized carbons (Fsp3) is 0.133. The van der Waals surface area contributed by atoms with Crippen molar-refractivity contribution in [3.8, 4) is 0 Å². The van der Waals surface area contributed by atoms with E-state index >= 15 is 0 Å². The largest absolute Gasteiger partial charge is 0.288 e. The van der Waals surface area contributed by atoms with Crippen LogP contribution < -0.4 is 10.9 Å². The van der Waals surface area contributed by atoms with Gasteiger partial charge in [0.05, 0.1) is 0 Å². The number of hydrazine groups is 1. The zero-order chi connectivity index (χ0) is 16.7. The number of rotatable bonds is 5. The highest BCUT2D eigenvalue weighted by Crippen LogP contribution is 2.20. The zero-order valence-corrected chi connectivity index (χ0v) is 12.7. The number of carbonyl (C=O) groups is 2. The van der Waals surface area contributed by atoms with E-state index in [1.165, 1.54) is 30.1 Å². The van der Waals surface area contributed by atoms with E-state index < -0.39 is 23.4 Å². The van der Waals surface area contributed by atoms with Crippen molar-refractivity contribution in [3.05, 3.63) is 59.9 Å². The number of hydrogen-bond donors (Lipinski definition) is 2. The van der Waals surface area contributed by atoms with Gasteiger partial charge in [-0.2, -0.15) is 0 Å². The topological polar surface area (TPSA) is 71.1 Å². The van der Waals surface area contributed by atoms with Crippen molar-refractivity contribution in [1.82, 2.24) is 15.8 Å². The van der Waals surface area contributed by atoms with Gasteiger partial charge in [0.25, 0.3) is 5.91 Å². The summed E-state index contributed by atoms with van der Waals surface area (Å²) in [5.41, 5.74) is 4.69. The van der Waals surface area contributed by atoms with Gasteiger partial charge in [0.2, 0.25) is 5.91 Å². The fourth-order valence-corrected chi connectivity index (χ4v) is 2.45. The predicted molar refractivity (Wildman–Crippen MR) is 81.5 cm³/mol. The Labute approximate surface area is 135 Å². The van der Waals surface area contributed by atoms with Gasteiger partial charge in [0.15, 0.2) is 11.6 Å². The smallest absolute Gasteiger partial charge is 0.273 e. The van der Waals surface area contributed by atoms with Crippen molar-refractivity contribution in [2.45, 2.75) is 11.3 Å². The van der Waals surface area contributed by atoms with Gasteiger partial charge in [-0.15, -0.1) is 11.8 Å². The molecule has 8 heteroatoms. The molecule has 0 saturated heterocycles. The van der Waals surface area contributed by atoms with Crippen molar-refractivity contribution in [1.29, 1.82) is 0 Å². The summed E-state index contributed by atoms with van der Waals surface area (Å²) in [6.45, 7) is 0. The number of benzene rings is 1. The van der Waals surface area contributed by atoms with Crippen LogP contribution in [-0.4, -0.2) is 22.6 Å². The molecule has 0 saturated carbocycles. The second-order valence-corrected chi connectivity index (χ2v) is 5.56. The Hall–Kier alpha value is -2.48. The van der Waals surface area contributed by atoms with E-state index in [0.29, 0.717) is 10.6 Å². The highest BCUT2D eigenvalue weighted by atomic mass is 32.2. The van der Waals surface area contributed by atoms with Crippen LogP contribution in [0.25, 0.3) is 0 Å². The van der Waals surface area contributed by atoms with E-state index in [1.54, 1.807) is 12.1 Å². The Balaban J connectivity index is 1.71. The lowest BCUT2D eigenvalue weighted by Crippen LogP contribution is -2.42. The average molecular weight is 337 g/mol. The minimum atomic E-state index is -0.929.